The van der Waals surface area contributed by atoms with Gasteiger partial charge in [-0.1, -0.05) is 6.92 Å². The summed E-state index contributed by atoms with van der Waals surface area (Å²) in [7, 11) is -2.61. The van der Waals surface area contributed by atoms with Crippen LogP contribution in [0.3, 0.4) is 0 Å². The van der Waals surface area contributed by atoms with Gasteiger partial charge in [0.2, 0.25) is 10.0 Å². The smallest absolute Gasteiger partial charge is 0.322 e. The van der Waals surface area contributed by atoms with Crippen LogP contribution in [0.1, 0.15) is 19.8 Å². The number of sulfonamides is 1. The van der Waals surface area contributed by atoms with Crippen LogP contribution in [0.15, 0.2) is 0 Å². The fourth-order valence-electron chi connectivity index (χ4n) is 1.82. The van der Waals surface area contributed by atoms with Gasteiger partial charge in [0.25, 0.3) is 0 Å². The van der Waals surface area contributed by atoms with Crippen LogP contribution in [0.25, 0.3) is 0 Å². The lowest BCUT2D eigenvalue weighted by Crippen LogP contribution is -2.46. The number of ether oxygens (including phenoxy) is 1. The number of nitrogens with zero attached hydrogens (tertiary/aromatic N) is 1. The number of hydrogen-bond acceptors (Lipinski definition) is 6. The molecule has 19 heavy (non-hydrogen) atoms. The van der Waals surface area contributed by atoms with E-state index >= 15 is 0 Å². The van der Waals surface area contributed by atoms with E-state index < -0.39 is 33.8 Å². The predicted octanol–water partition coefficient (Wildman–Crippen LogP) is 0.117. The maximum atomic E-state index is 12.2. The van der Waals surface area contributed by atoms with E-state index in [4.69, 9.17) is 5.11 Å². The lowest BCUT2D eigenvalue weighted by Gasteiger charge is -2.25. The van der Waals surface area contributed by atoms with Gasteiger partial charge in [0.1, 0.15) is 6.04 Å². The zero-order chi connectivity index (χ0) is 14.6. The highest BCUT2D eigenvalue weighted by Gasteiger charge is 2.44. The minimum atomic E-state index is -3.79. The summed E-state index contributed by atoms with van der Waals surface area (Å²) in [6.45, 7) is 1.80. The summed E-state index contributed by atoms with van der Waals surface area (Å²) in [5, 5.41) is 8.69. The molecule has 0 bridgehead atoms. The van der Waals surface area contributed by atoms with Gasteiger partial charge in [-0.2, -0.15) is 4.31 Å². The van der Waals surface area contributed by atoms with Crippen molar-refractivity contribution in [2.45, 2.75) is 31.2 Å². The molecule has 7 nitrogen and oxygen atoms in total. The van der Waals surface area contributed by atoms with Gasteiger partial charge in [-0.3, -0.25) is 9.59 Å². The van der Waals surface area contributed by atoms with Gasteiger partial charge >= 0.3 is 11.9 Å². The van der Waals surface area contributed by atoms with Crippen LogP contribution in [0.2, 0.25) is 0 Å². The van der Waals surface area contributed by atoms with E-state index in [1.807, 2.05) is 0 Å². The van der Waals surface area contributed by atoms with Gasteiger partial charge in [0.15, 0.2) is 0 Å². The normalized spacial score (nSPS) is 24.3. The molecule has 0 amide bonds. The molecular weight excluding hydrogens is 294 g/mol. The maximum Gasteiger partial charge on any atom is 0.322 e. The van der Waals surface area contributed by atoms with Crippen molar-refractivity contribution in [2.24, 2.45) is 0 Å². The minimum Gasteiger partial charge on any atom is -0.480 e. The zero-order valence-corrected chi connectivity index (χ0v) is 12.4. The van der Waals surface area contributed by atoms with Crippen molar-refractivity contribution in [1.82, 2.24) is 4.31 Å². The van der Waals surface area contributed by atoms with E-state index in [-0.39, 0.29) is 17.5 Å². The molecular formula is C10H17NO6S2. The Labute approximate surface area is 116 Å². The van der Waals surface area contributed by atoms with Crippen molar-refractivity contribution >= 4 is 33.7 Å². The number of carbonyl (C=O) groups excluding carboxylic acids is 1. The second-order valence-electron chi connectivity index (χ2n) is 4.02. The van der Waals surface area contributed by atoms with Crippen molar-refractivity contribution in [2.75, 3.05) is 18.6 Å². The molecule has 1 heterocycles. The van der Waals surface area contributed by atoms with Crippen molar-refractivity contribution < 1.29 is 27.9 Å². The average molecular weight is 311 g/mol. The highest BCUT2D eigenvalue weighted by atomic mass is 32.2. The highest BCUT2D eigenvalue weighted by Crippen LogP contribution is 2.34. The molecule has 0 aliphatic carbocycles. The maximum absolute atomic E-state index is 12.2. The molecule has 0 aromatic rings. The number of carboxylic acids is 1. The Morgan fingerprint density at radius 3 is 2.58 bits per heavy atom. The van der Waals surface area contributed by atoms with E-state index in [0.717, 1.165) is 4.31 Å². The van der Waals surface area contributed by atoms with Crippen LogP contribution >= 0.6 is 11.8 Å². The summed E-state index contributed by atoms with van der Waals surface area (Å²) in [6.07, 6.45) is 0.245. The van der Waals surface area contributed by atoms with E-state index in [9.17, 15) is 18.0 Å². The molecule has 1 N–H and O–H groups in total. The van der Waals surface area contributed by atoms with Crippen LogP contribution in [0.5, 0.6) is 0 Å². The zero-order valence-electron chi connectivity index (χ0n) is 10.7. The standard InChI is InChI=1S/C10H17NO6S2/c1-3-8-11(7(6-18-8)10(13)14)19(15,16)5-4-9(12)17-2/h7-8H,3-6H2,1-2H3,(H,13,14). The van der Waals surface area contributed by atoms with Gasteiger partial charge < -0.3 is 9.84 Å². The van der Waals surface area contributed by atoms with Gasteiger partial charge in [-0.05, 0) is 6.42 Å². The Morgan fingerprint density at radius 2 is 2.11 bits per heavy atom. The van der Waals surface area contributed by atoms with Crippen LogP contribution in [-0.4, -0.2) is 59.8 Å². The molecule has 9 heteroatoms. The molecule has 0 radical (unpaired) electrons. The molecule has 0 saturated carbocycles. The van der Waals surface area contributed by atoms with Gasteiger partial charge in [-0.15, -0.1) is 11.8 Å². The Morgan fingerprint density at radius 1 is 1.47 bits per heavy atom. The summed E-state index contributed by atoms with van der Waals surface area (Å²) in [4.78, 5) is 22.1. The second kappa shape index (κ2) is 6.58. The molecule has 1 fully saturated rings. The first-order chi connectivity index (χ1) is 8.83. The van der Waals surface area contributed by atoms with Crippen molar-refractivity contribution in [3.05, 3.63) is 0 Å². The second-order valence-corrected chi connectivity index (χ2v) is 7.23. The number of thioether (sulfide) groups is 1. The Hall–Kier alpha value is -0.800. The average Bonchev–Trinajstić information content (AvgIpc) is 2.80. The number of aliphatic carboxylic acids is 1. The van der Waals surface area contributed by atoms with Gasteiger partial charge in [0, 0.05) is 5.75 Å². The first kappa shape index (κ1) is 16.3. The van der Waals surface area contributed by atoms with Crippen molar-refractivity contribution in [3.8, 4) is 0 Å². The minimum absolute atomic E-state index is 0.227. The lowest BCUT2D eigenvalue weighted by molar-refractivity contribution is -0.140. The molecule has 0 spiro atoms. The van der Waals surface area contributed by atoms with Gasteiger partial charge in [0.05, 0.1) is 24.7 Å². The van der Waals surface area contributed by atoms with Gasteiger partial charge in [-0.25, -0.2) is 8.42 Å². The summed E-state index contributed by atoms with van der Waals surface area (Å²) >= 11 is 1.30. The topological polar surface area (TPSA) is 101 Å². The molecule has 1 aliphatic rings. The SMILES string of the molecule is CCC1SCC(C(=O)O)N1S(=O)(=O)CCC(=O)OC. The Balaban J connectivity index is 2.88. The number of esters is 1. The number of carbonyl (C=O) groups is 2. The van der Waals surface area contributed by atoms with Crippen molar-refractivity contribution in [1.29, 1.82) is 0 Å². The van der Waals surface area contributed by atoms with E-state index in [2.05, 4.69) is 4.74 Å². The van der Waals surface area contributed by atoms with Crippen LogP contribution in [0, 0.1) is 0 Å². The number of hydrogen-bond donors (Lipinski definition) is 1. The number of methoxy groups -OCH3 is 1. The first-order valence-corrected chi connectivity index (χ1v) is 8.41. The van der Waals surface area contributed by atoms with Crippen LogP contribution in [0.4, 0.5) is 0 Å². The summed E-state index contributed by atoms with van der Waals surface area (Å²) < 4.78 is 29.8. The Kier molecular flexibility index (Phi) is 5.63. The number of rotatable bonds is 6. The lowest BCUT2D eigenvalue weighted by atomic mass is 10.3. The summed E-state index contributed by atoms with van der Waals surface area (Å²) in [6, 6.07) is -1.06. The fourth-order valence-corrected chi connectivity index (χ4v) is 5.42. The molecule has 1 saturated heterocycles. The van der Waals surface area contributed by atoms with Crippen LogP contribution in [-0.2, 0) is 24.3 Å². The molecule has 0 aromatic heterocycles. The third kappa shape index (κ3) is 3.83. The summed E-state index contributed by atoms with van der Waals surface area (Å²) in [5.41, 5.74) is 0. The van der Waals surface area contributed by atoms with E-state index in [1.54, 1.807) is 6.92 Å². The third-order valence-electron chi connectivity index (χ3n) is 2.78. The molecule has 2 unspecified atom stereocenters. The Bertz CT molecular complexity index is 449. The van der Waals surface area contributed by atoms with Crippen molar-refractivity contribution in [3.63, 3.8) is 0 Å². The molecule has 1 aliphatic heterocycles. The quantitative estimate of drug-likeness (QED) is 0.695. The molecule has 1 rings (SSSR count). The molecule has 110 valence electrons. The monoisotopic (exact) mass is 311 g/mol. The first-order valence-electron chi connectivity index (χ1n) is 5.76. The molecule has 0 aromatic carbocycles. The summed E-state index contributed by atoms with van der Waals surface area (Å²) in [5.74, 6) is -1.99. The predicted molar refractivity (Wildman–Crippen MR) is 70.2 cm³/mol. The number of carboxylic acid groups (broad SMARTS) is 1. The van der Waals surface area contributed by atoms with Crippen LogP contribution < -0.4 is 0 Å². The molecule has 2 atom stereocenters. The fraction of sp³-hybridized carbons (Fsp3) is 0.800. The highest BCUT2D eigenvalue weighted by molar-refractivity contribution is 8.01. The van der Waals surface area contributed by atoms with E-state index in [0.29, 0.717) is 6.42 Å². The largest absolute Gasteiger partial charge is 0.480 e. The third-order valence-corrected chi connectivity index (χ3v) is 6.24. The van der Waals surface area contributed by atoms with E-state index in [1.165, 1.54) is 18.9 Å².